The highest BCUT2D eigenvalue weighted by Crippen LogP contribution is 2.29. The Balaban J connectivity index is 2.01. The van der Waals surface area contributed by atoms with Gasteiger partial charge in [-0.3, -0.25) is 4.79 Å². The zero-order valence-corrected chi connectivity index (χ0v) is 11.4. The van der Waals surface area contributed by atoms with Gasteiger partial charge in [-0.1, -0.05) is 0 Å². The van der Waals surface area contributed by atoms with Gasteiger partial charge >= 0.3 is 5.97 Å². The number of hydrogen-bond donors (Lipinski definition) is 2. The molecule has 2 atom stereocenters. The number of rotatable bonds is 3. The highest BCUT2D eigenvalue weighted by molar-refractivity contribution is 5.87. The van der Waals surface area contributed by atoms with Crippen molar-refractivity contribution in [3.05, 3.63) is 0 Å². The van der Waals surface area contributed by atoms with Crippen molar-refractivity contribution < 1.29 is 19.4 Å². The van der Waals surface area contributed by atoms with Crippen molar-refractivity contribution in [2.24, 2.45) is 0 Å². The van der Waals surface area contributed by atoms with Gasteiger partial charge in [-0.2, -0.15) is 0 Å². The summed E-state index contributed by atoms with van der Waals surface area (Å²) in [6.07, 6.45) is 2.38. The van der Waals surface area contributed by atoms with Crippen molar-refractivity contribution in [2.75, 3.05) is 26.2 Å². The average molecular weight is 270 g/mol. The molecule has 6 nitrogen and oxygen atoms in total. The van der Waals surface area contributed by atoms with Gasteiger partial charge in [0.05, 0.1) is 19.1 Å². The van der Waals surface area contributed by atoms with Crippen molar-refractivity contribution in [2.45, 2.75) is 44.2 Å². The van der Waals surface area contributed by atoms with Crippen LogP contribution in [0.4, 0.5) is 0 Å². The number of carbonyl (C=O) groups is 2. The molecule has 0 aromatic heterocycles. The van der Waals surface area contributed by atoms with Crippen LogP contribution in [0.3, 0.4) is 0 Å². The van der Waals surface area contributed by atoms with Gasteiger partial charge in [-0.25, -0.2) is 4.79 Å². The van der Waals surface area contributed by atoms with Crippen molar-refractivity contribution >= 4 is 11.9 Å². The molecular weight excluding hydrogens is 248 g/mol. The third kappa shape index (κ3) is 3.06. The highest BCUT2D eigenvalue weighted by atomic mass is 16.5. The topological polar surface area (TPSA) is 78.9 Å². The Labute approximate surface area is 113 Å². The van der Waals surface area contributed by atoms with Crippen LogP contribution in [0.25, 0.3) is 0 Å². The number of carboxylic acid groups (broad SMARTS) is 1. The Morgan fingerprint density at radius 3 is 2.89 bits per heavy atom. The van der Waals surface area contributed by atoms with Crippen molar-refractivity contribution in [1.29, 1.82) is 0 Å². The van der Waals surface area contributed by atoms with Crippen LogP contribution in [0.2, 0.25) is 0 Å². The molecule has 2 fully saturated rings. The van der Waals surface area contributed by atoms with Crippen molar-refractivity contribution in [3.8, 4) is 0 Å². The molecule has 2 rings (SSSR count). The summed E-state index contributed by atoms with van der Waals surface area (Å²) in [6, 6.07) is 0. The first-order valence-corrected chi connectivity index (χ1v) is 6.90. The lowest BCUT2D eigenvalue weighted by Crippen LogP contribution is -2.58. The first-order chi connectivity index (χ1) is 9.04. The fraction of sp³-hybridized carbons (Fsp3) is 0.846. The number of likely N-dealkylation sites (tertiary alicyclic amines) is 1. The van der Waals surface area contributed by atoms with Crippen LogP contribution in [-0.2, 0) is 14.3 Å². The number of aliphatic carboxylic acids is 1. The molecule has 0 aromatic rings. The number of amides is 1. The minimum absolute atomic E-state index is 0.113. The maximum atomic E-state index is 12.3. The number of nitrogens with zero attached hydrogens (tertiary/aromatic N) is 1. The highest BCUT2D eigenvalue weighted by Gasteiger charge is 2.44. The number of carboxylic acids is 1. The Morgan fingerprint density at radius 1 is 1.47 bits per heavy atom. The molecule has 2 heterocycles. The molecular formula is C13H22N2O4. The van der Waals surface area contributed by atoms with Gasteiger partial charge in [0.1, 0.15) is 5.54 Å². The zero-order valence-electron chi connectivity index (χ0n) is 11.4. The Morgan fingerprint density at radius 2 is 2.26 bits per heavy atom. The Hall–Kier alpha value is -1.14. The predicted octanol–water partition coefficient (Wildman–Crippen LogP) is 0.221. The first kappa shape index (κ1) is 14.3. The quantitative estimate of drug-likeness (QED) is 0.767. The summed E-state index contributed by atoms with van der Waals surface area (Å²) in [5.41, 5.74) is -1.06. The molecule has 2 aliphatic heterocycles. The van der Waals surface area contributed by atoms with Crippen LogP contribution >= 0.6 is 0 Å². The Bertz CT molecular complexity index is 355. The third-order valence-electron chi connectivity index (χ3n) is 4.06. The molecule has 0 saturated carbocycles. The van der Waals surface area contributed by atoms with Gasteiger partial charge in [0.2, 0.25) is 5.91 Å². The minimum Gasteiger partial charge on any atom is -0.480 e. The second-order valence-corrected chi connectivity index (χ2v) is 5.48. The lowest BCUT2D eigenvalue weighted by atomic mass is 9.88. The molecule has 2 unspecified atom stereocenters. The van der Waals surface area contributed by atoms with Gasteiger partial charge in [0, 0.05) is 19.6 Å². The number of hydrogen-bond acceptors (Lipinski definition) is 4. The van der Waals surface area contributed by atoms with E-state index in [0.717, 1.165) is 19.4 Å². The predicted molar refractivity (Wildman–Crippen MR) is 68.8 cm³/mol. The van der Waals surface area contributed by atoms with Crippen LogP contribution < -0.4 is 5.32 Å². The summed E-state index contributed by atoms with van der Waals surface area (Å²) in [4.78, 5) is 25.3. The Kier molecular flexibility index (Phi) is 4.42. The molecule has 19 heavy (non-hydrogen) atoms. The summed E-state index contributed by atoms with van der Waals surface area (Å²) in [5.74, 6) is -1.03. The van der Waals surface area contributed by atoms with Gasteiger partial charge in [0.15, 0.2) is 0 Å². The normalized spacial score (nSPS) is 32.1. The van der Waals surface area contributed by atoms with E-state index in [1.807, 2.05) is 0 Å². The van der Waals surface area contributed by atoms with E-state index in [2.05, 4.69) is 5.32 Å². The summed E-state index contributed by atoms with van der Waals surface area (Å²) in [6.45, 7) is 4.24. The molecule has 0 bridgehead atoms. The summed E-state index contributed by atoms with van der Waals surface area (Å²) in [5, 5.41) is 12.6. The fourth-order valence-electron chi connectivity index (χ4n) is 2.80. The van der Waals surface area contributed by atoms with E-state index < -0.39 is 11.5 Å². The van der Waals surface area contributed by atoms with E-state index in [9.17, 15) is 14.7 Å². The molecule has 0 spiro atoms. The second-order valence-electron chi connectivity index (χ2n) is 5.48. The van der Waals surface area contributed by atoms with E-state index in [1.54, 1.807) is 6.92 Å². The van der Waals surface area contributed by atoms with Crippen LogP contribution in [0, 0.1) is 0 Å². The van der Waals surface area contributed by atoms with Crippen molar-refractivity contribution in [3.63, 3.8) is 0 Å². The van der Waals surface area contributed by atoms with Gasteiger partial charge in [-0.05, 0) is 26.2 Å². The summed E-state index contributed by atoms with van der Waals surface area (Å²) in [7, 11) is 0. The van der Waals surface area contributed by atoms with Crippen molar-refractivity contribution in [1.82, 2.24) is 10.2 Å². The van der Waals surface area contributed by atoms with E-state index in [4.69, 9.17) is 4.74 Å². The lowest BCUT2D eigenvalue weighted by Gasteiger charge is -2.42. The molecule has 0 aromatic carbocycles. The molecule has 2 N–H and O–H groups in total. The first-order valence-electron chi connectivity index (χ1n) is 6.90. The lowest BCUT2D eigenvalue weighted by molar-refractivity contribution is -0.162. The molecule has 0 aliphatic carbocycles. The van der Waals surface area contributed by atoms with E-state index in [1.165, 1.54) is 4.90 Å². The molecule has 2 saturated heterocycles. The summed E-state index contributed by atoms with van der Waals surface area (Å²) < 4.78 is 5.51. The molecule has 1 amide bonds. The van der Waals surface area contributed by atoms with Gasteiger partial charge < -0.3 is 20.1 Å². The monoisotopic (exact) mass is 270 g/mol. The standard InChI is InChI=1S/C13H22N2O4/c1-13(12(17)18)4-2-3-6-15(13)11(16)8-10-9-14-5-7-19-10/h10,14H,2-9H2,1H3,(H,17,18). The maximum Gasteiger partial charge on any atom is 0.329 e. The smallest absolute Gasteiger partial charge is 0.329 e. The van der Waals surface area contributed by atoms with Crippen LogP contribution in [0.15, 0.2) is 0 Å². The number of ether oxygens (including phenoxy) is 1. The van der Waals surface area contributed by atoms with E-state index in [0.29, 0.717) is 26.1 Å². The van der Waals surface area contributed by atoms with E-state index >= 15 is 0 Å². The number of morpholine rings is 1. The third-order valence-corrected chi connectivity index (χ3v) is 4.06. The van der Waals surface area contributed by atoms with Crippen LogP contribution in [0.5, 0.6) is 0 Å². The van der Waals surface area contributed by atoms with Crippen LogP contribution in [0.1, 0.15) is 32.6 Å². The average Bonchev–Trinajstić information content (AvgIpc) is 2.40. The van der Waals surface area contributed by atoms with Gasteiger partial charge in [0.25, 0.3) is 0 Å². The second kappa shape index (κ2) is 5.88. The number of carbonyl (C=O) groups excluding carboxylic acids is 1. The number of nitrogens with one attached hydrogen (secondary N) is 1. The molecule has 0 radical (unpaired) electrons. The largest absolute Gasteiger partial charge is 0.480 e. The van der Waals surface area contributed by atoms with E-state index in [-0.39, 0.29) is 18.4 Å². The zero-order chi connectivity index (χ0) is 13.9. The molecule has 6 heteroatoms. The molecule has 2 aliphatic rings. The van der Waals surface area contributed by atoms with Crippen LogP contribution in [-0.4, -0.2) is 59.8 Å². The minimum atomic E-state index is -1.06. The van der Waals surface area contributed by atoms with Gasteiger partial charge in [-0.15, -0.1) is 0 Å². The summed E-state index contributed by atoms with van der Waals surface area (Å²) >= 11 is 0. The maximum absolute atomic E-state index is 12.3. The number of piperidine rings is 1. The fourth-order valence-corrected chi connectivity index (χ4v) is 2.80. The SMILES string of the molecule is CC1(C(=O)O)CCCCN1C(=O)CC1CNCCO1. The molecule has 108 valence electrons.